The van der Waals surface area contributed by atoms with Crippen molar-refractivity contribution < 1.29 is 4.74 Å². The summed E-state index contributed by atoms with van der Waals surface area (Å²) in [5, 5.41) is 7.81. The molecule has 5 nitrogen and oxygen atoms in total. The Morgan fingerprint density at radius 2 is 1.92 bits per heavy atom. The number of nitrogens with zero attached hydrogens (tertiary/aromatic N) is 2. The van der Waals surface area contributed by atoms with Crippen LogP contribution in [0.3, 0.4) is 0 Å². The van der Waals surface area contributed by atoms with Crippen molar-refractivity contribution in [3.8, 4) is 5.75 Å². The number of ether oxygens (including phenoxy) is 1. The lowest BCUT2D eigenvalue weighted by atomic mass is 10.1. The first-order valence-corrected chi connectivity index (χ1v) is 9.88. The molecule has 2 rings (SSSR count). The van der Waals surface area contributed by atoms with E-state index in [1.807, 2.05) is 26.0 Å². The van der Waals surface area contributed by atoms with Crippen LogP contribution in [0.1, 0.15) is 35.0 Å². The number of nitrogens with one attached hydrogen (secondary N) is 2. The number of aromatic nitrogens is 1. The molecule has 2 N–H and O–H groups in total. The van der Waals surface area contributed by atoms with E-state index in [1.165, 1.54) is 10.4 Å². The lowest BCUT2D eigenvalue weighted by molar-refractivity contribution is 0.271. The van der Waals surface area contributed by atoms with Gasteiger partial charge in [-0.2, -0.15) is 0 Å². The summed E-state index contributed by atoms with van der Waals surface area (Å²) in [7, 11) is 1.79. The number of hydrogen-bond donors (Lipinski definition) is 2. The zero-order valence-electron chi connectivity index (χ0n) is 16.4. The van der Waals surface area contributed by atoms with Crippen molar-refractivity contribution in [2.75, 3.05) is 20.2 Å². The van der Waals surface area contributed by atoms with Gasteiger partial charge in [-0.05, 0) is 43.9 Å². The van der Waals surface area contributed by atoms with E-state index in [4.69, 9.17) is 4.74 Å². The van der Waals surface area contributed by atoms with Crippen LogP contribution < -0.4 is 15.4 Å². The van der Waals surface area contributed by atoms with Crippen molar-refractivity contribution >= 4 is 17.3 Å². The molecule has 0 amide bonds. The molecule has 0 aliphatic rings. The van der Waals surface area contributed by atoms with E-state index in [-0.39, 0.29) is 0 Å². The van der Waals surface area contributed by atoms with Crippen LogP contribution in [0.15, 0.2) is 29.3 Å². The Balaban J connectivity index is 1.74. The zero-order chi connectivity index (χ0) is 18.9. The summed E-state index contributed by atoms with van der Waals surface area (Å²) < 4.78 is 5.72. The van der Waals surface area contributed by atoms with Gasteiger partial charge in [-0.1, -0.05) is 26.0 Å². The second-order valence-electron chi connectivity index (χ2n) is 6.69. The molecule has 0 radical (unpaired) electrons. The van der Waals surface area contributed by atoms with Crippen molar-refractivity contribution in [1.29, 1.82) is 0 Å². The first kappa shape index (κ1) is 20.2. The molecule has 0 atom stereocenters. The molecule has 0 aliphatic heterocycles. The molecule has 142 valence electrons. The summed E-state index contributed by atoms with van der Waals surface area (Å²) >= 11 is 1.73. The molecule has 0 saturated carbocycles. The number of aryl methyl sites for hydroxylation is 2. The van der Waals surface area contributed by atoms with Crippen LogP contribution in [-0.2, 0) is 13.0 Å². The Morgan fingerprint density at radius 3 is 2.50 bits per heavy atom. The molecule has 1 heterocycles. The lowest BCUT2D eigenvalue weighted by Gasteiger charge is -2.12. The molecule has 26 heavy (non-hydrogen) atoms. The number of benzene rings is 1. The molecule has 0 bridgehead atoms. The number of aliphatic imine (C=N–C) groups is 1. The van der Waals surface area contributed by atoms with E-state index in [0.717, 1.165) is 48.5 Å². The second-order valence-corrected chi connectivity index (χ2v) is 7.98. The third-order valence-corrected chi connectivity index (χ3v) is 4.93. The van der Waals surface area contributed by atoms with Gasteiger partial charge in [0.1, 0.15) is 5.75 Å². The first-order valence-electron chi connectivity index (χ1n) is 9.07. The number of guanidine groups is 1. The largest absolute Gasteiger partial charge is 0.493 e. The van der Waals surface area contributed by atoms with Gasteiger partial charge >= 0.3 is 0 Å². The molecule has 1 aromatic heterocycles. The van der Waals surface area contributed by atoms with Gasteiger partial charge in [0.25, 0.3) is 0 Å². The van der Waals surface area contributed by atoms with Crippen molar-refractivity contribution in [2.45, 2.75) is 40.7 Å². The van der Waals surface area contributed by atoms with Gasteiger partial charge in [0.2, 0.25) is 0 Å². The van der Waals surface area contributed by atoms with Crippen LogP contribution >= 0.6 is 11.3 Å². The van der Waals surface area contributed by atoms with Crippen LogP contribution in [0.4, 0.5) is 0 Å². The maximum Gasteiger partial charge on any atom is 0.191 e. The van der Waals surface area contributed by atoms with E-state index < -0.39 is 0 Å². The van der Waals surface area contributed by atoms with Gasteiger partial charge in [0, 0.05) is 18.5 Å². The smallest absolute Gasteiger partial charge is 0.191 e. The average molecular weight is 375 g/mol. The molecular weight excluding hydrogens is 344 g/mol. The highest BCUT2D eigenvalue weighted by Crippen LogP contribution is 2.16. The van der Waals surface area contributed by atoms with E-state index in [2.05, 4.69) is 46.6 Å². The fourth-order valence-corrected chi connectivity index (χ4v) is 3.34. The zero-order valence-corrected chi connectivity index (χ0v) is 17.2. The maximum absolute atomic E-state index is 5.72. The molecule has 0 fully saturated rings. The Hall–Kier alpha value is -2.08. The summed E-state index contributed by atoms with van der Waals surface area (Å²) in [4.78, 5) is 9.99. The number of thiazole rings is 1. The summed E-state index contributed by atoms with van der Waals surface area (Å²) in [6, 6.07) is 8.33. The topological polar surface area (TPSA) is 58.5 Å². The monoisotopic (exact) mass is 374 g/mol. The highest BCUT2D eigenvalue weighted by molar-refractivity contribution is 7.11. The van der Waals surface area contributed by atoms with E-state index in [9.17, 15) is 0 Å². The summed E-state index contributed by atoms with van der Waals surface area (Å²) in [5.41, 5.74) is 2.37. The molecule has 2 aromatic rings. The first-order chi connectivity index (χ1) is 12.5. The highest BCUT2D eigenvalue weighted by atomic mass is 32.1. The Kier molecular flexibility index (Phi) is 7.91. The molecular formula is C20H30N4OS. The minimum absolute atomic E-state index is 0.538. The van der Waals surface area contributed by atoms with E-state index in [1.54, 1.807) is 18.4 Å². The van der Waals surface area contributed by atoms with Crippen LogP contribution in [0.25, 0.3) is 0 Å². The second kappa shape index (κ2) is 10.2. The molecule has 1 aromatic carbocycles. The predicted octanol–water partition coefficient (Wildman–Crippen LogP) is 3.70. The third kappa shape index (κ3) is 6.67. The lowest BCUT2D eigenvalue weighted by Crippen LogP contribution is -2.37. The summed E-state index contributed by atoms with van der Waals surface area (Å²) in [6.07, 6.45) is 0.934. The van der Waals surface area contributed by atoms with Crippen LogP contribution in [-0.4, -0.2) is 31.1 Å². The minimum atomic E-state index is 0.538. The maximum atomic E-state index is 5.72. The van der Waals surface area contributed by atoms with Gasteiger partial charge < -0.3 is 15.4 Å². The van der Waals surface area contributed by atoms with Crippen LogP contribution in [0, 0.1) is 19.8 Å². The minimum Gasteiger partial charge on any atom is -0.493 e. The summed E-state index contributed by atoms with van der Waals surface area (Å²) in [6.45, 7) is 10.7. The van der Waals surface area contributed by atoms with Gasteiger partial charge in [-0.15, -0.1) is 11.3 Å². The van der Waals surface area contributed by atoms with Crippen molar-refractivity contribution in [3.05, 3.63) is 45.4 Å². The quantitative estimate of drug-likeness (QED) is 0.546. The number of hydrogen-bond acceptors (Lipinski definition) is 4. The Bertz CT molecular complexity index is 707. The fraction of sp³-hybridized carbons (Fsp3) is 0.500. The van der Waals surface area contributed by atoms with E-state index in [0.29, 0.717) is 5.92 Å². The third-order valence-electron chi connectivity index (χ3n) is 3.85. The number of rotatable bonds is 8. The molecule has 6 heteroatoms. The Labute approximate surface area is 160 Å². The molecule has 0 spiro atoms. The predicted molar refractivity (Wildman–Crippen MR) is 110 cm³/mol. The van der Waals surface area contributed by atoms with Crippen LogP contribution in [0.2, 0.25) is 0 Å². The van der Waals surface area contributed by atoms with Crippen molar-refractivity contribution in [3.63, 3.8) is 0 Å². The average Bonchev–Trinajstić information content (AvgIpc) is 2.94. The SMILES string of the molecule is CN=C(NCCc1ccc(OCC(C)C)cc1)NCc1sc(C)nc1C. The highest BCUT2D eigenvalue weighted by Gasteiger charge is 2.06. The fourth-order valence-electron chi connectivity index (χ4n) is 2.46. The van der Waals surface area contributed by atoms with Gasteiger partial charge in [-0.25, -0.2) is 4.98 Å². The van der Waals surface area contributed by atoms with Crippen molar-refractivity contribution in [2.24, 2.45) is 10.9 Å². The van der Waals surface area contributed by atoms with Gasteiger partial charge in [-0.3, -0.25) is 4.99 Å². The summed E-state index contributed by atoms with van der Waals surface area (Å²) in [5.74, 6) is 2.28. The van der Waals surface area contributed by atoms with E-state index >= 15 is 0 Å². The van der Waals surface area contributed by atoms with Gasteiger partial charge in [0.05, 0.1) is 23.9 Å². The van der Waals surface area contributed by atoms with Crippen LogP contribution in [0.5, 0.6) is 5.75 Å². The van der Waals surface area contributed by atoms with Crippen molar-refractivity contribution in [1.82, 2.24) is 15.6 Å². The molecule has 0 unspecified atom stereocenters. The Morgan fingerprint density at radius 1 is 1.19 bits per heavy atom. The normalized spacial score (nSPS) is 11.7. The molecule has 0 saturated heterocycles. The standard InChI is InChI=1S/C20H30N4OS/c1-14(2)13-25-18-8-6-17(7-9-18)10-11-22-20(21-5)23-12-19-15(3)24-16(4)26-19/h6-9,14H,10-13H2,1-5H3,(H2,21,22,23). The molecule has 0 aliphatic carbocycles. The van der Waals surface area contributed by atoms with Gasteiger partial charge in [0.15, 0.2) is 5.96 Å².